The third-order valence-electron chi connectivity index (χ3n) is 3.26. The summed E-state index contributed by atoms with van der Waals surface area (Å²) in [4.78, 5) is 2.37. The molecular formula is C13H19BrN2O. The number of aliphatic hydroxyl groups excluding tert-OH is 1. The third-order valence-corrected chi connectivity index (χ3v) is 3.79. The minimum Gasteiger partial charge on any atom is -0.395 e. The van der Waals surface area contributed by atoms with Crippen LogP contribution < -0.4 is 5.32 Å². The first-order valence-electron chi connectivity index (χ1n) is 6.09. The molecule has 4 heteroatoms. The third kappa shape index (κ3) is 3.78. The Labute approximate surface area is 111 Å². The quantitative estimate of drug-likeness (QED) is 0.878. The van der Waals surface area contributed by atoms with Crippen molar-refractivity contribution in [3.63, 3.8) is 0 Å². The van der Waals surface area contributed by atoms with Crippen molar-refractivity contribution in [1.29, 1.82) is 0 Å². The van der Waals surface area contributed by atoms with E-state index in [1.807, 2.05) is 0 Å². The maximum Gasteiger partial charge on any atom is 0.0590 e. The van der Waals surface area contributed by atoms with Crippen molar-refractivity contribution in [2.24, 2.45) is 0 Å². The maximum atomic E-state index is 9.52. The number of aliphatic hydroxyl groups is 1. The second-order valence-corrected chi connectivity index (χ2v) is 5.37. The molecule has 0 bridgehead atoms. The summed E-state index contributed by atoms with van der Waals surface area (Å²) < 4.78 is 1.10. The number of hydrogen-bond acceptors (Lipinski definition) is 3. The van der Waals surface area contributed by atoms with E-state index in [9.17, 15) is 5.11 Å². The Kier molecular flexibility index (Phi) is 4.98. The zero-order chi connectivity index (χ0) is 12.1. The van der Waals surface area contributed by atoms with E-state index < -0.39 is 0 Å². The molecule has 1 saturated heterocycles. The van der Waals surface area contributed by atoms with Gasteiger partial charge < -0.3 is 10.4 Å². The molecule has 1 fully saturated rings. The number of halogens is 1. The molecule has 1 aliphatic rings. The normalized spacial score (nSPS) is 19.2. The highest BCUT2D eigenvalue weighted by atomic mass is 79.9. The lowest BCUT2D eigenvalue weighted by Gasteiger charge is -2.34. The Morgan fingerprint density at radius 1 is 1.24 bits per heavy atom. The van der Waals surface area contributed by atoms with Crippen LogP contribution in [-0.2, 0) is 6.42 Å². The van der Waals surface area contributed by atoms with E-state index in [1.54, 1.807) is 0 Å². The van der Waals surface area contributed by atoms with Crippen LogP contribution >= 0.6 is 15.9 Å². The fourth-order valence-electron chi connectivity index (χ4n) is 2.25. The summed E-state index contributed by atoms with van der Waals surface area (Å²) >= 11 is 3.44. The van der Waals surface area contributed by atoms with Gasteiger partial charge in [0.15, 0.2) is 0 Å². The van der Waals surface area contributed by atoms with Gasteiger partial charge in [0, 0.05) is 36.7 Å². The van der Waals surface area contributed by atoms with Crippen molar-refractivity contribution >= 4 is 15.9 Å². The SMILES string of the molecule is OCC(Cc1ccc(Br)cc1)N1CCNCC1. The predicted molar refractivity (Wildman–Crippen MR) is 73.2 cm³/mol. The average Bonchev–Trinajstić information content (AvgIpc) is 2.39. The van der Waals surface area contributed by atoms with Gasteiger partial charge in [0.25, 0.3) is 0 Å². The van der Waals surface area contributed by atoms with E-state index >= 15 is 0 Å². The fraction of sp³-hybridized carbons (Fsp3) is 0.538. The molecule has 2 rings (SSSR count). The lowest BCUT2D eigenvalue weighted by molar-refractivity contribution is 0.110. The van der Waals surface area contributed by atoms with E-state index in [2.05, 4.69) is 50.4 Å². The van der Waals surface area contributed by atoms with Crippen molar-refractivity contribution in [3.05, 3.63) is 34.3 Å². The van der Waals surface area contributed by atoms with E-state index in [4.69, 9.17) is 0 Å². The number of hydrogen-bond donors (Lipinski definition) is 2. The summed E-state index contributed by atoms with van der Waals surface area (Å²) in [7, 11) is 0. The molecule has 1 atom stereocenters. The minimum atomic E-state index is 0.232. The van der Waals surface area contributed by atoms with Crippen LogP contribution in [0.5, 0.6) is 0 Å². The Morgan fingerprint density at radius 3 is 2.47 bits per heavy atom. The maximum absolute atomic E-state index is 9.52. The molecular weight excluding hydrogens is 280 g/mol. The van der Waals surface area contributed by atoms with Gasteiger partial charge in [-0.3, -0.25) is 4.90 Å². The molecule has 0 spiro atoms. The Balaban J connectivity index is 1.96. The Bertz CT molecular complexity index is 336. The van der Waals surface area contributed by atoms with Crippen LogP contribution in [0.3, 0.4) is 0 Å². The van der Waals surface area contributed by atoms with Gasteiger partial charge >= 0.3 is 0 Å². The molecule has 0 aromatic heterocycles. The lowest BCUT2D eigenvalue weighted by atomic mass is 10.0. The molecule has 3 nitrogen and oxygen atoms in total. The van der Waals surface area contributed by atoms with Crippen LogP contribution in [0.2, 0.25) is 0 Å². The van der Waals surface area contributed by atoms with Gasteiger partial charge in [-0.05, 0) is 24.1 Å². The zero-order valence-corrected chi connectivity index (χ0v) is 11.5. The molecule has 0 saturated carbocycles. The molecule has 0 aliphatic carbocycles. The summed E-state index contributed by atoms with van der Waals surface area (Å²) in [5, 5.41) is 12.9. The highest BCUT2D eigenvalue weighted by molar-refractivity contribution is 9.10. The smallest absolute Gasteiger partial charge is 0.0590 e. The molecule has 0 radical (unpaired) electrons. The molecule has 1 heterocycles. The molecule has 1 aromatic rings. The van der Waals surface area contributed by atoms with Crippen molar-refractivity contribution in [2.45, 2.75) is 12.5 Å². The van der Waals surface area contributed by atoms with Crippen LogP contribution in [0.4, 0.5) is 0 Å². The molecule has 2 N–H and O–H groups in total. The highest BCUT2D eigenvalue weighted by Gasteiger charge is 2.19. The Hall–Kier alpha value is -0.420. The van der Waals surface area contributed by atoms with Crippen LogP contribution in [0.15, 0.2) is 28.7 Å². The average molecular weight is 299 g/mol. The van der Waals surface area contributed by atoms with E-state index in [1.165, 1.54) is 5.56 Å². The second-order valence-electron chi connectivity index (χ2n) is 4.45. The van der Waals surface area contributed by atoms with Crippen LogP contribution in [0.25, 0.3) is 0 Å². The number of benzene rings is 1. The topological polar surface area (TPSA) is 35.5 Å². The van der Waals surface area contributed by atoms with E-state index in [0.29, 0.717) is 0 Å². The Morgan fingerprint density at radius 2 is 1.88 bits per heavy atom. The first-order chi connectivity index (χ1) is 8.29. The van der Waals surface area contributed by atoms with Crippen LogP contribution in [0.1, 0.15) is 5.56 Å². The number of nitrogens with one attached hydrogen (secondary N) is 1. The summed E-state index contributed by atoms with van der Waals surface area (Å²) in [6.07, 6.45) is 0.920. The van der Waals surface area contributed by atoms with Crippen molar-refractivity contribution in [2.75, 3.05) is 32.8 Å². The molecule has 1 aromatic carbocycles. The van der Waals surface area contributed by atoms with E-state index in [-0.39, 0.29) is 12.6 Å². The first-order valence-corrected chi connectivity index (χ1v) is 6.89. The summed E-state index contributed by atoms with van der Waals surface area (Å²) in [5.41, 5.74) is 1.28. The number of nitrogens with zero attached hydrogens (tertiary/aromatic N) is 1. The summed E-state index contributed by atoms with van der Waals surface area (Å²) in [5.74, 6) is 0. The fourth-order valence-corrected chi connectivity index (χ4v) is 2.51. The van der Waals surface area contributed by atoms with Gasteiger partial charge in [-0.25, -0.2) is 0 Å². The standard InChI is InChI=1S/C13H19BrN2O/c14-12-3-1-11(2-4-12)9-13(10-17)16-7-5-15-6-8-16/h1-4,13,15,17H,5-10H2. The van der Waals surface area contributed by atoms with Gasteiger partial charge in [-0.2, -0.15) is 0 Å². The largest absolute Gasteiger partial charge is 0.395 e. The monoisotopic (exact) mass is 298 g/mol. The van der Waals surface area contributed by atoms with E-state index in [0.717, 1.165) is 37.1 Å². The highest BCUT2D eigenvalue weighted by Crippen LogP contribution is 2.14. The van der Waals surface area contributed by atoms with Crippen LogP contribution in [-0.4, -0.2) is 48.8 Å². The van der Waals surface area contributed by atoms with Gasteiger partial charge in [0.1, 0.15) is 0 Å². The molecule has 1 unspecified atom stereocenters. The minimum absolute atomic E-state index is 0.232. The second kappa shape index (κ2) is 6.50. The molecule has 94 valence electrons. The summed E-state index contributed by atoms with van der Waals surface area (Å²) in [6.45, 7) is 4.34. The number of piperazine rings is 1. The van der Waals surface area contributed by atoms with Crippen molar-refractivity contribution in [1.82, 2.24) is 10.2 Å². The van der Waals surface area contributed by atoms with Crippen LogP contribution in [0, 0.1) is 0 Å². The molecule has 17 heavy (non-hydrogen) atoms. The van der Waals surface area contributed by atoms with Gasteiger partial charge in [-0.1, -0.05) is 28.1 Å². The summed E-state index contributed by atoms with van der Waals surface area (Å²) in [6, 6.07) is 8.60. The van der Waals surface area contributed by atoms with Crippen molar-refractivity contribution in [3.8, 4) is 0 Å². The predicted octanol–water partition coefficient (Wildman–Crippen LogP) is 1.26. The van der Waals surface area contributed by atoms with Gasteiger partial charge in [0.05, 0.1) is 6.61 Å². The zero-order valence-electron chi connectivity index (χ0n) is 9.90. The van der Waals surface area contributed by atoms with Crippen molar-refractivity contribution < 1.29 is 5.11 Å². The van der Waals surface area contributed by atoms with Gasteiger partial charge in [-0.15, -0.1) is 0 Å². The molecule has 1 aliphatic heterocycles. The van der Waals surface area contributed by atoms with Gasteiger partial charge in [0.2, 0.25) is 0 Å². The number of rotatable bonds is 4. The first kappa shape index (κ1) is 13.0. The lowest BCUT2D eigenvalue weighted by Crippen LogP contribution is -2.50. The molecule has 0 amide bonds.